The van der Waals surface area contributed by atoms with E-state index in [9.17, 15) is 4.79 Å². The van der Waals surface area contributed by atoms with E-state index in [0.717, 1.165) is 38.3 Å². The first-order chi connectivity index (χ1) is 9.06. The Labute approximate surface area is 120 Å². The Bertz CT molecular complexity index is 424. The molecule has 1 aliphatic heterocycles. The first-order valence-corrected chi connectivity index (χ1v) is 7.11. The van der Waals surface area contributed by atoms with Crippen molar-refractivity contribution >= 4 is 17.4 Å². The number of hydrogen-bond donors (Lipinski definition) is 0. The third-order valence-electron chi connectivity index (χ3n) is 3.80. The molecule has 104 valence electrons. The Morgan fingerprint density at radius 3 is 2.32 bits per heavy atom. The van der Waals surface area contributed by atoms with Crippen molar-refractivity contribution in [3.05, 3.63) is 34.9 Å². The summed E-state index contributed by atoms with van der Waals surface area (Å²) < 4.78 is 0. The molecule has 1 aromatic carbocycles. The van der Waals surface area contributed by atoms with Crippen molar-refractivity contribution < 1.29 is 4.79 Å². The second-order valence-corrected chi connectivity index (χ2v) is 5.76. The highest BCUT2D eigenvalue weighted by Crippen LogP contribution is 2.21. The zero-order chi connectivity index (χ0) is 13.8. The van der Waals surface area contributed by atoms with Crippen LogP contribution in [-0.2, 0) is 4.79 Å². The highest BCUT2D eigenvalue weighted by atomic mass is 35.5. The summed E-state index contributed by atoms with van der Waals surface area (Å²) in [5.41, 5.74) is 1.07. The van der Waals surface area contributed by atoms with Crippen LogP contribution in [0.2, 0.25) is 5.02 Å². The molecule has 1 aliphatic rings. The van der Waals surface area contributed by atoms with Gasteiger partial charge in [0.05, 0.1) is 5.92 Å². The lowest BCUT2D eigenvalue weighted by Gasteiger charge is -2.34. The number of rotatable bonds is 4. The van der Waals surface area contributed by atoms with Gasteiger partial charge in [0, 0.05) is 37.7 Å². The third-order valence-corrected chi connectivity index (χ3v) is 4.05. The largest absolute Gasteiger partial charge is 0.304 e. The molecule has 0 aliphatic carbocycles. The lowest BCUT2D eigenvalue weighted by Crippen LogP contribution is -2.46. The highest BCUT2D eigenvalue weighted by Gasteiger charge is 2.22. The normalized spacial score (nSPS) is 19.3. The van der Waals surface area contributed by atoms with Gasteiger partial charge in [0.15, 0.2) is 0 Å². The number of carbonyl (C=O) groups is 1. The standard InChI is InChI=1S/C15H21ClN2O/c1-12(19)15(13-3-5-14(16)6-4-13)11-18-9-7-17(2)8-10-18/h3-6,15H,7-11H2,1-2H3/t15-/m0/s1. The van der Waals surface area contributed by atoms with Gasteiger partial charge in [0.1, 0.15) is 5.78 Å². The second-order valence-electron chi connectivity index (χ2n) is 5.32. The van der Waals surface area contributed by atoms with E-state index < -0.39 is 0 Å². The maximum absolute atomic E-state index is 11.9. The molecule has 2 rings (SSSR count). The lowest BCUT2D eigenvalue weighted by molar-refractivity contribution is -0.119. The van der Waals surface area contributed by atoms with Crippen LogP contribution in [0.1, 0.15) is 18.4 Å². The molecule has 0 unspecified atom stereocenters. The van der Waals surface area contributed by atoms with Crippen molar-refractivity contribution in [3.63, 3.8) is 0 Å². The van der Waals surface area contributed by atoms with Crippen LogP contribution < -0.4 is 0 Å². The smallest absolute Gasteiger partial charge is 0.138 e. The summed E-state index contributed by atoms with van der Waals surface area (Å²) in [6.07, 6.45) is 0. The van der Waals surface area contributed by atoms with Gasteiger partial charge in [-0.15, -0.1) is 0 Å². The highest BCUT2D eigenvalue weighted by molar-refractivity contribution is 6.30. The van der Waals surface area contributed by atoms with Crippen LogP contribution >= 0.6 is 11.6 Å². The molecule has 0 bridgehead atoms. The van der Waals surface area contributed by atoms with E-state index in [0.29, 0.717) is 5.02 Å². The number of ketones is 1. The number of hydrogen-bond acceptors (Lipinski definition) is 3. The monoisotopic (exact) mass is 280 g/mol. The molecule has 19 heavy (non-hydrogen) atoms. The fourth-order valence-corrected chi connectivity index (χ4v) is 2.58. The predicted molar refractivity (Wildman–Crippen MR) is 78.8 cm³/mol. The molecule has 1 atom stereocenters. The van der Waals surface area contributed by atoms with Gasteiger partial charge in [-0.2, -0.15) is 0 Å². The number of Topliss-reactive ketones (excluding diaryl/α,β-unsaturated/α-hetero) is 1. The van der Waals surface area contributed by atoms with E-state index in [1.807, 2.05) is 24.3 Å². The maximum Gasteiger partial charge on any atom is 0.138 e. The van der Waals surface area contributed by atoms with E-state index in [1.54, 1.807) is 6.92 Å². The number of carbonyl (C=O) groups excluding carboxylic acids is 1. The van der Waals surface area contributed by atoms with Crippen LogP contribution in [0.3, 0.4) is 0 Å². The molecule has 0 radical (unpaired) electrons. The van der Waals surface area contributed by atoms with Gasteiger partial charge in [-0.3, -0.25) is 9.69 Å². The molecule has 1 fully saturated rings. The lowest BCUT2D eigenvalue weighted by atomic mass is 9.94. The Balaban J connectivity index is 2.04. The van der Waals surface area contributed by atoms with E-state index in [-0.39, 0.29) is 11.7 Å². The summed E-state index contributed by atoms with van der Waals surface area (Å²) >= 11 is 5.90. The predicted octanol–water partition coefficient (Wildman–Crippen LogP) is 2.26. The molecule has 4 heteroatoms. The first kappa shape index (κ1) is 14.5. The van der Waals surface area contributed by atoms with Crippen molar-refractivity contribution in [2.24, 2.45) is 0 Å². The third kappa shape index (κ3) is 4.03. The first-order valence-electron chi connectivity index (χ1n) is 6.73. The van der Waals surface area contributed by atoms with E-state index in [2.05, 4.69) is 16.8 Å². The van der Waals surface area contributed by atoms with Crippen molar-refractivity contribution in [2.45, 2.75) is 12.8 Å². The van der Waals surface area contributed by atoms with Crippen LogP contribution in [0.5, 0.6) is 0 Å². The molecular weight excluding hydrogens is 260 g/mol. The van der Waals surface area contributed by atoms with Crippen molar-refractivity contribution in [1.29, 1.82) is 0 Å². The Morgan fingerprint density at radius 1 is 1.21 bits per heavy atom. The summed E-state index contributed by atoms with van der Waals surface area (Å²) in [5, 5.41) is 0.714. The SMILES string of the molecule is CC(=O)[C@H](CN1CCN(C)CC1)c1ccc(Cl)cc1. The zero-order valence-electron chi connectivity index (χ0n) is 11.6. The van der Waals surface area contributed by atoms with E-state index >= 15 is 0 Å². The molecule has 1 aromatic rings. The second kappa shape index (κ2) is 6.51. The molecule has 0 saturated carbocycles. The minimum absolute atomic E-state index is 0.0410. The molecular formula is C15H21ClN2O. The summed E-state index contributed by atoms with van der Waals surface area (Å²) in [6, 6.07) is 7.64. The van der Waals surface area contributed by atoms with Gasteiger partial charge in [-0.05, 0) is 31.7 Å². The minimum atomic E-state index is -0.0410. The van der Waals surface area contributed by atoms with Crippen LogP contribution in [0, 0.1) is 0 Å². The number of likely N-dealkylation sites (N-methyl/N-ethyl adjacent to an activating group) is 1. The number of piperazine rings is 1. The van der Waals surface area contributed by atoms with Gasteiger partial charge < -0.3 is 4.90 Å². The average Bonchev–Trinajstić information content (AvgIpc) is 2.39. The van der Waals surface area contributed by atoms with Crippen LogP contribution in [0.25, 0.3) is 0 Å². The summed E-state index contributed by atoms with van der Waals surface area (Å²) in [7, 11) is 2.14. The molecule has 1 heterocycles. The van der Waals surface area contributed by atoms with Crippen LogP contribution in [0.15, 0.2) is 24.3 Å². The molecule has 3 nitrogen and oxygen atoms in total. The Hall–Kier alpha value is -0.900. The average molecular weight is 281 g/mol. The zero-order valence-corrected chi connectivity index (χ0v) is 12.4. The molecule has 0 amide bonds. The van der Waals surface area contributed by atoms with Crippen molar-refractivity contribution in [3.8, 4) is 0 Å². The number of benzene rings is 1. The summed E-state index contributed by atoms with van der Waals surface area (Å²) in [6.45, 7) is 6.71. The topological polar surface area (TPSA) is 23.6 Å². The van der Waals surface area contributed by atoms with Crippen molar-refractivity contribution in [2.75, 3.05) is 39.8 Å². The van der Waals surface area contributed by atoms with Crippen molar-refractivity contribution in [1.82, 2.24) is 9.80 Å². The van der Waals surface area contributed by atoms with E-state index in [1.165, 1.54) is 0 Å². The summed E-state index contributed by atoms with van der Waals surface area (Å²) in [4.78, 5) is 16.6. The van der Waals surface area contributed by atoms with Gasteiger partial charge >= 0.3 is 0 Å². The number of halogens is 1. The van der Waals surface area contributed by atoms with Gasteiger partial charge in [-0.25, -0.2) is 0 Å². The maximum atomic E-state index is 11.9. The Morgan fingerprint density at radius 2 is 1.79 bits per heavy atom. The fourth-order valence-electron chi connectivity index (χ4n) is 2.45. The molecule has 0 N–H and O–H groups in total. The quantitative estimate of drug-likeness (QED) is 0.845. The van der Waals surface area contributed by atoms with E-state index in [4.69, 9.17) is 11.6 Å². The van der Waals surface area contributed by atoms with Crippen LogP contribution in [-0.4, -0.2) is 55.4 Å². The molecule has 0 aromatic heterocycles. The number of nitrogens with zero attached hydrogens (tertiary/aromatic N) is 2. The summed E-state index contributed by atoms with van der Waals surface area (Å²) in [5.74, 6) is 0.182. The van der Waals surface area contributed by atoms with Gasteiger partial charge in [-0.1, -0.05) is 23.7 Å². The minimum Gasteiger partial charge on any atom is -0.304 e. The van der Waals surface area contributed by atoms with Gasteiger partial charge in [0.25, 0.3) is 0 Å². The molecule has 1 saturated heterocycles. The fraction of sp³-hybridized carbons (Fsp3) is 0.533. The van der Waals surface area contributed by atoms with Gasteiger partial charge in [0.2, 0.25) is 0 Å². The Kier molecular flexibility index (Phi) is 4.97. The molecule has 0 spiro atoms. The van der Waals surface area contributed by atoms with Crippen LogP contribution in [0.4, 0.5) is 0 Å².